The second-order valence-electron chi connectivity index (χ2n) is 6.96. The van der Waals surface area contributed by atoms with E-state index in [1.165, 1.54) is 16.7 Å². The average molecular weight is 369 g/mol. The molecule has 2 saturated heterocycles. The van der Waals surface area contributed by atoms with E-state index in [-0.39, 0.29) is 17.8 Å². The summed E-state index contributed by atoms with van der Waals surface area (Å²) in [7, 11) is 0. The van der Waals surface area contributed by atoms with E-state index in [1.807, 2.05) is 19.9 Å². The quantitative estimate of drug-likeness (QED) is 0.355. The number of allylic oxidation sites excluding steroid dienone is 2. The number of hydrazine groups is 1. The second-order valence-corrected chi connectivity index (χ2v) is 8.73. The molecule has 0 aromatic carbocycles. The molecule has 8 nitrogen and oxygen atoms in total. The minimum atomic E-state index is -0.996. The zero-order valence-corrected chi connectivity index (χ0v) is 15.1. The molecule has 3 atom stereocenters. The van der Waals surface area contributed by atoms with Crippen LogP contribution < -0.4 is 10.9 Å². The summed E-state index contributed by atoms with van der Waals surface area (Å²) in [5.41, 5.74) is 5.56. The van der Waals surface area contributed by atoms with Gasteiger partial charge >= 0.3 is 11.9 Å². The average Bonchev–Trinajstić information content (AvgIpc) is 2.80. The maximum Gasteiger partial charge on any atom is 0.327 e. The summed E-state index contributed by atoms with van der Waals surface area (Å²) in [5.74, 6) is -0.969. The Hall–Kier alpha value is -1.58. The predicted molar refractivity (Wildman–Crippen MR) is 91.3 cm³/mol. The van der Waals surface area contributed by atoms with Crippen molar-refractivity contribution in [2.24, 2.45) is 0 Å². The van der Waals surface area contributed by atoms with Crippen LogP contribution in [0.25, 0.3) is 0 Å². The highest BCUT2D eigenvalue weighted by atomic mass is 32.2. The normalized spacial score (nSPS) is 30.3. The first-order valence-corrected chi connectivity index (χ1v) is 9.30. The van der Waals surface area contributed by atoms with Crippen LogP contribution in [0.5, 0.6) is 0 Å². The molecule has 2 aliphatic heterocycles. The number of amides is 1. The van der Waals surface area contributed by atoms with Crippen LogP contribution in [-0.2, 0) is 19.1 Å². The largest absolute Gasteiger partial charge is 0.480 e. The van der Waals surface area contributed by atoms with Crippen molar-refractivity contribution in [3.8, 4) is 0 Å². The summed E-state index contributed by atoms with van der Waals surface area (Å²) in [6.45, 7) is 3.58. The summed E-state index contributed by atoms with van der Waals surface area (Å²) in [4.78, 5) is 36.9. The highest BCUT2D eigenvalue weighted by Gasteiger charge is 2.63. The summed E-state index contributed by atoms with van der Waals surface area (Å²) < 4.78 is 4.70. The Morgan fingerprint density at radius 3 is 2.84 bits per heavy atom. The number of rotatable bonds is 6. The van der Waals surface area contributed by atoms with Crippen molar-refractivity contribution in [2.75, 3.05) is 6.54 Å². The number of carboxylic acids is 1. The van der Waals surface area contributed by atoms with Gasteiger partial charge in [-0.3, -0.25) is 9.59 Å². The first-order chi connectivity index (χ1) is 11.8. The van der Waals surface area contributed by atoms with Crippen LogP contribution >= 0.6 is 11.8 Å². The van der Waals surface area contributed by atoms with E-state index in [0.29, 0.717) is 5.76 Å². The van der Waals surface area contributed by atoms with Crippen molar-refractivity contribution in [2.45, 2.75) is 61.7 Å². The van der Waals surface area contributed by atoms with E-state index >= 15 is 0 Å². The summed E-state index contributed by atoms with van der Waals surface area (Å²) >= 11 is 1.45. The fourth-order valence-electron chi connectivity index (χ4n) is 3.46. The molecule has 1 amide bonds. The van der Waals surface area contributed by atoms with E-state index in [4.69, 9.17) is 4.74 Å². The molecule has 2 fully saturated rings. The van der Waals surface area contributed by atoms with Gasteiger partial charge in [0.15, 0.2) is 0 Å². The van der Waals surface area contributed by atoms with Gasteiger partial charge in [-0.25, -0.2) is 15.6 Å². The van der Waals surface area contributed by atoms with Crippen LogP contribution in [0.2, 0.25) is 0 Å². The molecular formula is C16H23N3O5S. The number of thioether (sulfide) groups is 1. The Bertz CT molecular complexity index is 621. The molecule has 0 unspecified atom stereocenters. The Kier molecular flexibility index (Phi) is 5.08. The number of nitrogens with one attached hydrogen (secondary N) is 2. The van der Waals surface area contributed by atoms with Crippen LogP contribution in [-0.4, -0.2) is 56.6 Å². The van der Waals surface area contributed by atoms with Crippen LogP contribution in [0.1, 0.15) is 39.5 Å². The van der Waals surface area contributed by atoms with Gasteiger partial charge in [-0.2, -0.15) is 0 Å². The lowest BCUT2D eigenvalue weighted by Gasteiger charge is -2.43. The molecule has 3 N–H and O–H groups in total. The number of hydrogen-bond donors (Lipinski definition) is 3. The maximum atomic E-state index is 12.3. The summed E-state index contributed by atoms with van der Waals surface area (Å²) in [5, 5.41) is 9.11. The van der Waals surface area contributed by atoms with Gasteiger partial charge in [-0.1, -0.05) is 0 Å². The number of β-lactam (4-membered cyclic amide) rings is 1. The molecule has 25 heavy (non-hydrogen) atoms. The van der Waals surface area contributed by atoms with E-state index in [9.17, 15) is 19.5 Å². The van der Waals surface area contributed by atoms with Gasteiger partial charge in [-0.05, 0) is 39.2 Å². The molecule has 9 heteroatoms. The molecule has 0 aromatic heterocycles. The first-order valence-electron chi connectivity index (χ1n) is 8.42. The van der Waals surface area contributed by atoms with Gasteiger partial charge in [0.05, 0.1) is 0 Å². The lowest BCUT2D eigenvalue weighted by molar-refractivity contribution is -0.160. The molecule has 1 aliphatic carbocycles. The summed E-state index contributed by atoms with van der Waals surface area (Å²) in [6.07, 6.45) is 5.79. The third-order valence-corrected chi connectivity index (χ3v) is 6.23. The second kappa shape index (κ2) is 6.97. The van der Waals surface area contributed by atoms with Crippen LogP contribution in [0.15, 0.2) is 11.8 Å². The predicted octanol–water partition coefficient (Wildman–Crippen LogP) is 0.597. The van der Waals surface area contributed by atoms with Crippen LogP contribution in [0, 0.1) is 0 Å². The van der Waals surface area contributed by atoms with Gasteiger partial charge in [0.25, 0.3) is 0 Å². The highest BCUT2D eigenvalue weighted by Crippen LogP contribution is 2.50. The zero-order valence-electron chi connectivity index (χ0n) is 14.3. The number of nitrogens with zero attached hydrogens (tertiary/aromatic N) is 1. The third-order valence-electron chi connectivity index (χ3n) is 4.66. The van der Waals surface area contributed by atoms with Crippen molar-refractivity contribution >= 4 is 29.6 Å². The van der Waals surface area contributed by atoms with Crippen LogP contribution in [0.4, 0.5) is 0 Å². The smallest absolute Gasteiger partial charge is 0.327 e. The van der Waals surface area contributed by atoms with E-state index in [0.717, 1.165) is 25.7 Å². The SMILES string of the molecule is CC1(C)S[C@@H]2[C@H](NNCC(=O)OC3=CCCCC3)C(=O)N2[C@H]1C(=O)O. The van der Waals surface area contributed by atoms with Crippen molar-refractivity contribution in [3.63, 3.8) is 0 Å². The fourth-order valence-corrected chi connectivity index (χ4v) is 5.09. The molecule has 138 valence electrons. The lowest BCUT2D eigenvalue weighted by atomic mass is 9.96. The van der Waals surface area contributed by atoms with Crippen molar-refractivity contribution < 1.29 is 24.2 Å². The number of carbonyl (C=O) groups is 3. The van der Waals surface area contributed by atoms with Gasteiger partial charge in [0, 0.05) is 11.2 Å². The Morgan fingerprint density at radius 1 is 1.44 bits per heavy atom. The van der Waals surface area contributed by atoms with E-state index in [1.54, 1.807) is 0 Å². The lowest BCUT2D eigenvalue weighted by Crippen LogP contribution is -2.71. The number of aliphatic carboxylic acids is 1. The third kappa shape index (κ3) is 3.54. The number of hydrogen-bond acceptors (Lipinski definition) is 7. The Balaban J connectivity index is 1.47. The minimum Gasteiger partial charge on any atom is -0.480 e. The Morgan fingerprint density at radius 2 is 2.20 bits per heavy atom. The van der Waals surface area contributed by atoms with Gasteiger partial charge < -0.3 is 14.7 Å². The van der Waals surface area contributed by atoms with Crippen molar-refractivity contribution in [3.05, 3.63) is 11.8 Å². The molecule has 0 radical (unpaired) electrons. The highest BCUT2D eigenvalue weighted by molar-refractivity contribution is 8.01. The molecule has 0 aromatic rings. The van der Waals surface area contributed by atoms with Gasteiger partial charge in [-0.15, -0.1) is 11.8 Å². The van der Waals surface area contributed by atoms with E-state index < -0.39 is 28.8 Å². The fraction of sp³-hybridized carbons (Fsp3) is 0.688. The topological polar surface area (TPSA) is 108 Å². The molecule has 0 spiro atoms. The van der Waals surface area contributed by atoms with Gasteiger partial charge in [0.2, 0.25) is 5.91 Å². The van der Waals surface area contributed by atoms with Gasteiger partial charge in [0.1, 0.15) is 29.8 Å². The molecule has 3 rings (SSSR count). The molecular weight excluding hydrogens is 346 g/mol. The number of carbonyl (C=O) groups excluding carboxylic acids is 2. The molecule has 0 bridgehead atoms. The number of fused-ring (bicyclic) bond motifs is 1. The van der Waals surface area contributed by atoms with Crippen molar-refractivity contribution in [1.82, 2.24) is 15.8 Å². The number of carboxylic acid groups (broad SMARTS) is 1. The number of ether oxygens (including phenoxy) is 1. The summed E-state index contributed by atoms with van der Waals surface area (Å²) in [6, 6.07) is -1.38. The molecule has 3 aliphatic rings. The van der Waals surface area contributed by atoms with E-state index in [2.05, 4.69) is 10.9 Å². The standard InChI is InChI=1S/C16H23N3O5S/c1-16(2)12(15(22)23)19-13(21)11(14(19)25-16)18-17-8-10(20)24-9-6-4-3-5-7-9/h6,11-12,14,17-18H,3-5,7-8H2,1-2H3,(H,22,23)/t11-,12+,14-/m1/s1. The molecule has 2 heterocycles. The zero-order chi connectivity index (χ0) is 18.2. The molecule has 0 saturated carbocycles. The minimum absolute atomic E-state index is 0.0652. The van der Waals surface area contributed by atoms with Crippen molar-refractivity contribution in [1.29, 1.82) is 0 Å². The first kappa shape index (κ1) is 18.2. The maximum absolute atomic E-state index is 12.3. The Labute approximate surface area is 150 Å². The number of esters is 1. The monoisotopic (exact) mass is 369 g/mol. The van der Waals surface area contributed by atoms with Crippen LogP contribution in [0.3, 0.4) is 0 Å².